The van der Waals surface area contributed by atoms with Gasteiger partial charge in [-0.1, -0.05) is 37.5 Å². The second-order valence-electron chi connectivity index (χ2n) is 8.84. The van der Waals surface area contributed by atoms with Crippen molar-refractivity contribution in [3.05, 3.63) is 29.8 Å². The van der Waals surface area contributed by atoms with E-state index in [1.165, 1.54) is 6.07 Å². The number of hydrogen-bond donors (Lipinski definition) is 3. The minimum Gasteiger partial charge on any atom is -0.508 e. The number of phenols is 1. The van der Waals surface area contributed by atoms with Crippen molar-refractivity contribution in [1.29, 1.82) is 5.26 Å². The second-order valence-corrected chi connectivity index (χ2v) is 8.84. The molecule has 32 heavy (non-hydrogen) atoms. The number of nitriles is 1. The lowest BCUT2D eigenvalue weighted by Crippen LogP contribution is -2.49. The summed E-state index contributed by atoms with van der Waals surface area (Å²) < 4.78 is 5.13. The zero-order valence-corrected chi connectivity index (χ0v) is 18.9. The van der Waals surface area contributed by atoms with Gasteiger partial charge in [-0.15, -0.1) is 0 Å². The average molecular weight is 445 g/mol. The van der Waals surface area contributed by atoms with Gasteiger partial charge in [-0.3, -0.25) is 9.59 Å². The summed E-state index contributed by atoms with van der Waals surface area (Å²) in [6.07, 6.45) is 4.02. The molecule has 0 aliphatic heterocycles. The first-order chi connectivity index (χ1) is 15.1. The number of alkyl carbamates (subject to hydrolysis) is 1. The number of carbonyl (C=O) groups excluding carboxylic acids is 3. The molecule has 0 heterocycles. The molecule has 0 bridgehead atoms. The second kappa shape index (κ2) is 11.4. The van der Waals surface area contributed by atoms with Crippen LogP contribution in [0.4, 0.5) is 4.79 Å². The fourth-order valence-corrected chi connectivity index (χ4v) is 3.66. The van der Waals surface area contributed by atoms with Gasteiger partial charge >= 0.3 is 6.09 Å². The molecule has 1 fully saturated rings. The van der Waals surface area contributed by atoms with E-state index in [0.717, 1.165) is 37.0 Å². The van der Waals surface area contributed by atoms with Crippen LogP contribution in [0.1, 0.15) is 64.5 Å². The largest absolute Gasteiger partial charge is 0.508 e. The minimum atomic E-state index is -1.22. The molecule has 2 rings (SSSR count). The molecule has 1 unspecified atom stereocenters. The van der Waals surface area contributed by atoms with E-state index in [9.17, 15) is 24.8 Å². The van der Waals surface area contributed by atoms with Gasteiger partial charge in [0.2, 0.25) is 11.8 Å². The van der Waals surface area contributed by atoms with Gasteiger partial charge in [-0.2, -0.15) is 5.26 Å². The summed E-state index contributed by atoms with van der Waals surface area (Å²) in [4.78, 5) is 39.2. The fourth-order valence-electron chi connectivity index (χ4n) is 3.66. The summed E-state index contributed by atoms with van der Waals surface area (Å²) in [5, 5.41) is 25.1. The van der Waals surface area contributed by atoms with E-state index in [0.29, 0.717) is 0 Å². The SMILES string of the molecule is CC(C)(C)OC(=O)NCC(=O)N(CC#N)C(C(=O)NC1CCCCC1)c1ccccc1O. The van der Waals surface area contributed by atoms with Crippen LogP contribution in [-0.2, 0) is 14.3 Å². The van der Waals surface area contributed by atoms with Crippen LogP contribution in [0.2, 0.25) is 0 Å². The maximum Gasteiger partial charge on any atom is 0.408 e. The Balaban J connectivity index is 2.25. The van der Waals surface area contributed by atoms with Crippen molar-refractivity contribution < 1.29 is 24.2 Å². The lowest BCUT2D eigenvalue weighted by molar-refractivity contribution is -0.140. The quantitative estimate of drug-likeness (QED) is 0.554. The van der Waals surface area contributed by atoms with E-state index in [-0.39, 0.29) is 17.4 Å². The number of aromatic hydroxyl groups is 1. The molecule has 1 aromatic rings. The molecule has 1 aliphatic rings. The molecule has 1 atom stereocenters. The number of phenolic OH excluding ortho intramolecular Hbond substituents is 1. The molecule has 0 aromatic heterocycles. The van der Waals surface area contributed by atoms with Gasteiger partial charge in [-0.05, 0) is 39.7 Å². The van der Waals surface area contributed by atoms with Crippen LogP contribution in [0.15, 0.2) is 24.3 Å². The number of benzene rings is 1. The van der Waals surface area contributed by atoms with Crippen molar-refractivity contribution in [1.82, 2.24) is 15.5 Å². The highest BCUT2D eigenvalue weighted by atomic mass is 16.6. The normalized spacial score (nSPS) is 15.2. The maximum absolute atomic E-state index is 13.3. The summed E-state index contributed by atoms with van der Waals surface area (Å²) in [5.74, 6) is -1.28. The van der Waals surface area contributed by atoms with Crippen LogP contribution in [0.25, 0.3) is 0 Å². The molecule has 1 saturated carbocycles. The lowest BCUT2D eigenvalue weighted by Gasteiger charge is -2.32. The number of hydrogen-bond acceptors (Lipinski definition) is 6. The summed E-state index contributed by atoms with van der Waals surface area (Å²) in [6, 6.07) is 6.87. The van der Waals surface area contributed by atoms with Crippen molar-refractivity contribution in [3.8, 4) is 11.8 Å². The van der Waals surface area contributed by atoms with Crippen LogP contribution in [0.5, 0.6) is 5.75 Å². The highest BCUT2D eigenvalue weighted by Crippen LogP contribution is 2.30. The van der Waals surface area contributed by atoms with E-state index in [4.69, 9.17) is 4.74 Å². The number of amides is 3. The molecule has 0 radical (unpaired) electrons. The molecule has 3 N–H and O–H groups in total. The van der Waals surface area contributed by atoms with E-state index in [1.807, 2.05) is 6.07 Å². The summed E-state index contributed by atoms with van der Waals surface area (Å²) >= 11 is 0. The van der Waals surface area contributed by atoms with Gasteiger partial charge in [0.1, 0.15) is 30.5 Å². The van der Waals surface area contributed by atoms with Crippen molar-refractivity contribution in [2.24, 2.45) is 0 Å². The van der Waals surface area contributed by atoms with Crippen LogP contribution < -0.4 is 10.6 Å². The number of ether oxygens (including phenoxy) is 1. The van der Waals surface area contributed by atoms with Crippen LogP contribution in [0.3, 0.4) is 0 Å². The zero-order chi connectivity index (χ0) is 23.7. The Morgan fingerprint density at radius 2 is 1.88 bits per heavy atom. The van der Waals surface area contributed by atoms with Crippen molar-refractivity contribution in [3.63, 3.8) is 0 Å². The fraction of sp³-hybridized carbons (Fsp3) is 0.565. The Morgan fingerprint density at radius 3 is 2.47 bits per heavy atom. The van der Waals surface area contributed by atoms with Crippen LogP contribution >= 0.6 is 0 Å². The Bertz CT molecular complexity index is 853. The van der Waals surface area contributed by atoms with Gasteiger partial charge < -0.3 is 25.4 Å². The van der Waals surface area contributed by atoms with Crippen molar-refractivity contribution in [2.75, 3.05) is 13.1 Å². The number of nitrogens with one attached hydrogen (secondary N) is 2. The number of para-hydroxylation sites is 1. The van der Waals surface area contributed by atoms with Crippen LogP contribution in [-0.4, -0.2) is 52.6 Å². The molecular weight excluding hydrogens is 412 g/mol. The van der Waals surface area contributed by atoms with E-state index in [2.05, 4.69) is 10.6 Å². The highest BCUT2D eigenvalue weighted by Gasteiger charge is 2.34. The topological polar surface area (TPSA) is 132 Å². The van der Waals surface area contributed by atoms with E-state index < -0.39 is 42.6 Å². The predicted molar refractivity (Wildman–Crippen MR) is 117 cm³/mol. The first-order valence-corrected chi connectivity index (χ1v) is 10.8. The monoisotopic (exact) mass is 444 g/mol. The zero-order valence-electron chi connectivity index (χ0n) is 18.9. The summed E-state index contributed by atoms with van der Waals surface area (Å²) in [7, 11) is 0. The third kappa shape index (κ3) is 7.45. The maximum atomic E-state index is 13.3. The molecule has 174 valence electrons. The van der Waals surface area contributed by atoms with Gasteiger partial charge in [0.25, 0.3) is 0 Å². The third-order valence-electron chi connectivity index (χ3n) is 5.09. The van der Waals surface area contributed by atoms with Crippen LogP contribution in [0, 0.1) is 11.3 Å². The Labute approximate surface area is 188 Å². The first kappa shape index (κ1) is 25.0. The van der Waals surface area contributed by atoms with Gasteiger partial charge in [0.15, 0.2) is 0 Å². The molecular formula is C23H32N4O5. The molecule has 0 saturated heterocycles. The average Bonchev–Trinajstić information content (AvgIpc) is 2.72. The Hall–Kier alpha value is -3.28. The Morgan fingerprint density at radius 1 is 1.22 bits per heavy atom. The molecule has 1 aliphatic carbocycles. The molecule has 3 amide bonds. The smallest absolute Gasteiger partial charge is 0.408 e. The number of rotatable bonds is 7. The van der Waals surface area contributed by atoms with Gasteiger partial charge in [-0.25, -0.2) is 4.79 Å². The lowest BCUT2D eigenvalue weighted by atomic mass is 9.94. The molecule has 0 spiro atoms. The minimum absolute atomic E-state index is 0.0245. The number of carbonyl (C=O) groups is 3. The Kier molecular flexibility index (Phi) is 8.88. The van der Waals surface area contributed by atoms with Crippen molar-refractivity contribution >= 4 is 17.9 Å². The third-order valence-corrected chi connectivity index (χ3v) is 5.09. The van der Waals surface area contributed by atoms with E-state index in [1.54, 1.807) is 39.0 Å². The summed E-state index contributed by atoms with van der Waals surface area (Å²) in [6.45, 7) is 4.23. The van der Waals surface area contributed by atoms with E-state index >= 15 is 0 Å². The molecule has 1 aromatic carbocycles. The highest BCUT2D eigenvalue weighted by molar-refractivity contribution is 5.91. The first-order valence-electron chi connectivity index (χ1n) is 10.8. The van der Waals surface area contributed by atoms with Gasteiger partial charge in [0.05, 0.1) is 6.07 Å². The standard InChI is InChI=1S/C23H32N4O5/c1-23(2,3)32-22(31)25-15-19(29)27(14-13-24)20(17-11-7-8-12-18(17)28)21(30)26-16-9-5-4-6-10-16/h7-8,11-12,16,20,28H,4-6,9-10,14-15H2,1-3H3,(H,25,31)(H,26,30). The molecule has 9 nitrogen and oxygen atoms in total. The van der Waals surface area contributed by atoms with Gasteiger partial charge in [0, 0.05) is 11.6 Å². The summed E-state index contributed by atoms with van der Waals surface area (Å²) in [5.41, 5.74) is -0.528. The molecule has 9 heteroatoms. The van der Waals surface area contributed by atoms with Crippen molar-refractivity contribution in [2.45, 2.75) is 70.6 Å². The number of nitrogens with zero attached hydrogens (tertiary/aromatic N) is 2. The predicted octanol–water partition coefficient (Wildman–Crippen LogP) is 2.76.